The molecule has 0 radical (unpaired) electrons. The highest BCUT2D eigenvalue weighted by molar-refractivity contribution is 6.06. The first kappa shape index (κ1) is 27.4. The lowest BCUT2D eigenvalue weighted by Crippen LogP contribution is -2.58. The van der Waals surface area contributed by atoms with Gasteiger partial charge in [0.2, 0.25) is 5.91 Å². The lowest BCUT2D eigenvalue weighted by molar-refractivity contribution is -0.155. The SMILES string of the molecule is Cc1cccc(C)c1N1CC=C[C@]23O[C@@H]4/C=C\CCCOC(=O)[C@@H]4[C@H]2C(=O)N([C@@H](CO)Cc2ccccc2)C3C1=O. The summed E-state index contributed by atoms with van der Waals surface area (Å²) in [6, 6.07) is 13.7. The molecule has 2 aromatic rings. The van der Waals surface area contributed by atoms with Gasteiger partial charge in [-0.1, -0.05) is 72.8 Å². The van der Waals surface area contributed by atoms with Gasteiger partial charge in [0.05, 0.1) is 31.3 Å². The quantitative estimate of drug-likeness (QED) is 0.449. The van der Waals surface area contributed by atoms with Crippen LogP contribution in [0.5, 0.6) is 0 Å². The maximum Gasteiger partial charge on any atom is 0.312 e. The van der Waals surface area contributed by atoms with E-state index >= 15 is 0 Å². The van der Waals surface area contributed by atoms with Crippen molar-refractivity contribution in [2.24, 2.45) is 11.8 Å². The van der Waals surface area contributed by atoms with Gasteiger partial charge in [-0.3, -0.25) is 14.4 Å². The van der Waals surface area contributed by atoms with Crippen molar-refractivity contribution in [3.63, 3.8) is 0 Å². The zero-order chi connectivity index (χ0) is 28.7. The number of carbonyl (C=O) groups is 3. The van der Waals surface area contributed by atoms with Crippen LogP contribution in [0.4, 0.5) is 5.69 Å². The number of carbonyl (C=O) groups excluding carboxylic acids is 3. The number of likely N-dealkylation sites (tertiary alicyclic amines) is 1. The summed E-state index contributed by atoms with van der Waals surface area (Å²) in [5.74, 6) is -3.01. The molecule has 2 aromatic carbocycles. The van der Waals surface area contributed by atoms with E-state index in [-0.39, 0.29) is 25.0 Å². The lowest BCUT2D eigenvalue weighted by Gasteiger charge is -2.39. The summed E-state index contributed by atoms with van der Waals surface area (Å²) in [5.41, 5.74) is 2.21. The zero-order valence-electron chi connectivity index (χ0n) is 23.4. The number of benzene rings is 2. The van der Waals surface area contributed by atoms with E-state index in [2.05, 4.69) is 0 Å². The van der Waals surface area contributed by atoms with Crippen molar-refractivity contribution < 1.29 is 29.0 Å². The summed E-state index contributed by atoms with van der Waals surface area (Å²) in [6.07, 6.45) is 8.56. The van der Waals surface area contributed by atoms with Gasteiger partial charge in [0.15, 0.2) is 0 Å². The second kappa shape index (κ2) is 10.9. The first-order valence-electron chi connectivity index (χ1n) is 14.4. The number of rotatable bonds is 5. The zero-order valence-corrected chi connectivity index (χ0v) is 23.4. The predicted octanol–water partition coefficient (Wildman–Crippen LogP) is 3.28. The number of allylic oxidation sites excluding steroid dienone is 1. The number of cyclic esters (lactones) is 1. The molecule has 0 saturated carbocycles. The Morgan fingerprint density at radius 1 is 1.00 bits per heavy atom. The molecule has 0 bridgehead atoms. The molecule has 2 saturated heterocycles. The Balaban J connectivity index is 1.50. The summed E-state index contributed by atoms with van der Waals surface area (Å²) in [4.78, 5) is 46.0. The maximum absolute atomic E-state index is 14.8. The third-order valence-electron chi connectivity index (χ3n) is 8.92. The van der Waals surface area contributed by atoms with Crippen molar-refractivity contribution in [1.29, 1.82) is 0 Å². The van der Waals surface area contributed by atoms with Crippen molar-refractivity contribution in [2.45, 2.75) is 56.9 Å². The molecule has 0 aliphatic carbocycles. The molecule has 6 atom stereocenters. The Hall–Kier alpha value is -3.75. The molecular weight excluding hydrogens is 520 g/mol. The third-order valence-corrected chi connectivity index (χ3v) is 8.92. The van der Waals surface area contributed by atoms with Gasteiger partial charge in [-0.05, 0) is 49.8 Å². The van der Waals surface area contributed by atoms with Crippen molar-refractivity contribution in [3.05, 3.63) is 89.5 Å². The van der Waals surface area contributed by atoms with Crippen LogP contribution < -0.4 is 4.90 Å². The Morgan fingerprint density at radius 2 is 1.76 bits per heavy atom. The molecule has 2 fully saturated rings. The van der Waals surface area contributed by atoms with E-state index in [4.69, 9.17) is 9.47 Å². The van der Waals surface area contributed by atoms with E-state index in [0.717, 1.165) is 28.8 Å². The first-order valence-corrected chi connectivity index (χ1v) is 14.4. The predicted molar refractivity (Wildman–Crippen MR) is 153 cm³/mol. The van der Waals surface area contributed by atoms with Gasteiger partial charge in [0.25, 0.3) is 5.91 Å². The number of anilines is 1. The minimum absolute atomic E-state index is 0.260. The molecule has 214 valence electrons. The van der Waals surface area contributed by atoms with Gasteiger partial charge in [-0.15, -0.1) is 0 Å². The third kappa shape index (κ3) is 4.50. The average Bonchev–Trinajstić information content (AvgIpc) is 3.38. The summed E-state index contributed by atoms with van der Waals surface area (Å²) in [5, 5.41) is 10.7. The Bertz CT molecular complexity index is 1380. The van der Waals surface area contributed by atoms with Crippen LogP contribution in [0.3, 0.4) is 0 Å². The van der Waals surface area contributed by atoms with Crippen LogP contribution in [0.25, 0.3) is 0 Å². The maximum atomic E-state index is 14.8. The minimum Gasteiger partial charge on any atom is -0.465 e. The molecule has 8 heteroatoms. The lowest BCUT2D eigenvalue weighted by atomic mass is 9.78. The van der Waals surface area contributed by atoms with Gasteiger partial charge >= 0.3 is 5.97 Å². The molecule has 8 nitrogen and oxygen atoms in total. The minimum atomic E-state index is -1.39. The number of nitrogens with zero attached hydrogens (tertiary/aromatic N) is 2. The summed E-state index contributed by atoms with van der Waals surface area (Å²) in [7, 11) is 0. The Morgan fingerprint density at radius 3 is 2.49 bits per heavy atom. The molecule has 41 heavy (non-hydrogen) atoms. The highest BCUT2D eigenvalue weighted by atomic mass is 16.6. The van der Waals surface area contributed by atoms with Crippen LogP contribution in [0, 0.1) is 25.7 Å². The van der Waals surface area contributed by atoms with Gasteiger partial charge in [0.1, 0.15) is 17.6 Å². The number of ether oxygens (including phenoxy) is 2. The monoisotopic (exact) mass is 556 g/mol. The van der Waals surface area contributed by atoms with Crippen LogP contribution in [0.2, 0.25) is 0 Å². The van der Waals surface area contributed by atoms with Gasteiger partial charge in [0, 0.05) is 12.2 Å². The number of hydrogen-bond acceptors (Lipinski definition) is 6. The fourth-order valence-corrected chi connectivity index (χ4v) is 7.16. The molecule has 0 aromatic heterocycles. The number of hydrogen-bond donors (Lipinski definition) is 1. The fraction of sp³-hybridized carbons (Fsp3) is 0.424. The molecule has 2 amide bonds. The van der Waals surface area contributed by atoms with Crippen LogP contribution in [0.15, 0.2) is 72.8 Å². The van der Waals surface area contributed by atoms with E-state index in [0.29, 0.717) is 19.4 Å². The van der Waals surface area contributed by atoms with Gasteiger partial charge in [-0.2, -0.15) is 0 Å². The molecule has 1 unspecified atom stereocenters. The van der Waals surface area contributed by atoms with Crippen LogP contribution in [0.1, 0.15) is 29.5 Å². The second-order valence-corrected chi connectivity index (χ2v) is 11.4. The molecular formula is C33H36N2O6. The molecule has 4 heterocycles. The van der Waals surface area contributed by atoms with E-state index in [1.807, 2.05) is 86.7 Å². The number of aliphatic hydroxyl groups excluding tert-OH is 1. The van der Waals surface area contributed by atoms with E-state index < -0.39 is 41.6 Å². The van der Waals surface area contributed by atoms with Crippen LogP contribution >= 0.6 is 0 Å². The fourth-order valence-electron chi connectivity index (χ4n) is 7.16. The number of fused-ring (bicyclic) bond motifs is 2. The van der Waals surface area contributed by atoms with Gasteiger partial charge < -0.3 is 24.4 Å². The van der Waals surface area contributed by atoms with Gasteiger partial charge in [-0.25, -0.2) is 0 Å². The topological polar surface area (TPSA) is 96.4 Å². The summed E-state index contributed by atoms with van der Waals surface area (Å²) in [6.45, 7) is 4.13. The largest absolute Gasteiger partial charge is 0.465 e. The molecule has 4 aliphatic heterocycles. The summed E-state index contributed by atoms with van der Waals surface area (Å²) >= 11 is 0. The van der Waals surface area contributed by atoms with Crippen molar-refractivity contribution in [1.82, 2.24) is 4.90 Å². The van der Waals surface area contributed by atoms with E-state index in [1.54, 1.807) is 4.90 Å². The van der Waals surface area contributed by atoms with E-state index in [9.17, 15) is 19.5 Å². The molecule has 4 aliphatic rings. The molecule has 1 spiro atoms. The molecule has 6 rings (SSSR count). The van der Waals surface area contributed by atoms with Crippen molar-refractivity contribution in [2.75, 3.05) is 24.7 Å². The number of esters is 1. The highest BCUT2D eigenvalue weighted by Crippen LogP contribution is 2.54. The number of aliphatic hydroxyl groups is 1. The second-order valence-electron chi connectivity index (χ2n) is 11.4. The van der Waals surface area contributed by atoms with E-state index in [1.165, 1.54) is 4.90 Å². The van der Waals surface area contributed by atoms with Crippen molar-refractivity contribution in [3.8, 4) is 0 Å². The summed E-state index contributed by atoms with van der Waals surface area (Å²) < 4.78 is 12.3. The smallest absolute Gasteiger partial charge is 0.312 e. The van der Waals surface area contributed by atoms with Crippen molar-refractivity contribution >= 4 is 23.5 Å². The normalized spacial score (nSPS) is 30.9. The number of aryl methyl sites for hydroxylation is 2. The Kier molecular flexibility index (Phi) is 7.30. The Labute approximate surface area is 240 Å². The number of amides is 2. The van der Waals surface area contributed by atoms with Crippen LogP contribution in [-0.2, 0) is 30.3 Å². The first-order chi connectivity index (χ1) is 19.9. The average molecular weight is 557 g/mol. The number of para-hydroxylation sites is 1. The van der Waals surface area contributed by atoms with Crippen LogP contribution in [-0.4, -0.2) is 71.3 Å². The highest BCUT2D eigenvalue weighted by Gasteiger charge is 2.72. The standard InChI is InChI=1S/C33H36N2O6/c1-21-11-9-12-22(2)28(21)34-17-10-16-33-27(26-25(41-33)15-7-4-8-18-40-32(26)39)30(37)35(29(33)31(34)38)24(20-36)19-23-13-5-3-6-14-23/h3,5-7,9-16,24-27,29,36H,4,8,17-20H2,1-2H3/b15-7-/t24-,25-,26+,27+,29?,33+/m1/s1. The molecule has 1 N–H and O–H groups in total.